The molecule has 0 unspecified atom stereocenters. The van der Waals surface area contributed by atoms with Crippen molar-refractivity contribution in [3.05, 3.63) is 42.7 Å². The minimum Gasteiger partial charge on any atom is -0.334 e. The lowest BCUT2D eigenvalue weighted by atomic mass is 10.2. The minimum atomic E-state index is 0.462. The lowest BCUT2D eigenvalue weighted by Crippen LogP contribution is -1.98. The number of benzene rings is 1. The number of pyridine rings is 1. The van der Waals surface area contributed by atoms with Gasteiger partial charge < -0.3 is 4.52 Å². The molecule has 0 aliphatic carbocycles. The molecule has 0 bridgehead atoms. The Morgan fingerprint density at radius 3 is 2.78 bits per heavy atom. The van der Waals surface area contributed by atoms with Crippen LogP contribution in [0, 0.1) is 0 Å². The topological polar surface area (TPSA) is 82.5 Å². The van der Waals surface area contributed by atoms with E-state index in [1.807, 2.05) is 35.0 Å². The van der Waals surface area contributed by atoms with Crippen molar-refractivity contribution in [2.24, 2.45) is 0 Å². The summed E-state index contributed by atoms with van der Waals surface area (Å²) >= 11 is 0. The molecular weight excluding hydrogens is 292 g/mol. The third-order valence-electron chi connectivity index (χ3n) is 3.56. The van der Waals surface area contributed by atoms with Crippen LogP contribution >= 0.6 is 0 Å². The maximum Gasteiger partial charge on any atom is 0.258 e. The summed E-state index contributed by atoms with van der Waals surface area (Å²) in [6.45, 7) is 2.96. The van der Waals surface area contributed by atoms with Gasteiger partial charge in [0, 0.05) is 30.1 Å². The lowest BCUT2D eigenvalue weighted by Gasteiger charge is -1.99. The van der Waals surface area contributed by atoms with Gasteiger partial charge in [-0.3, -0.25) is 4.98 Å². The van der Waals surface area contributed by atoms with Crippen LogP contribution in [0.25, 0.3) is 33.9 Å². The Morgan fingerprint density at radius 1 is 1.09 bits per heavy atom. The molecule has 0 saturated carbocycles. The predicted octanol–water partition coefficient (Wildman–Crippen LogP) is 2.95. The van der Waals surface area contributed by atoms with Crippen molar-refractivity contribution in [3.63, 3.8) is 0 Å². The maximum atomic E-state index is 5.37. The number of aryl methyl sites for hydroxylation is 1. The van der Waals surface area contributed by atoms with E-state index in [0.717, 1.165) is 35.1 Å². The first-order chi connectivity index (χ1) is 11.3. The molecular formula is C16H14N6O. The van der Waals surface area contributed by atoms with Crippen molar-refractivity contribution in [1.29, 1.82) is 0 Å². The Bertz CT molecular complexity index is 944. The molecule has 0 saturated heterocycles. The molecule has 0 radical (unpaired) electrons. The number of aromatic nitrogens is 6. The molecule has 0 aliphatic heterocycles. The standard InChI is InChI=1S/C16H14N6O/c1-2-9-22-14-4-3-12(10-13(14)19-21-22)16-18-15(20-23-16)11-5-7-17-8-6-11/h3-8,10H,2,9H2,1H3. The highest BCUT2D eigenvalue weighted by Gasteiger charge is 2.12. The molecule has 0 spiro atoms. The summed E-state index contributed by atoms with van der Waals surface area (Å²) in [6.07, 6.45) is 4.41. The van der Waals surface area contributed by atoms with Crippen molar-refractivity contribution < 1.29 is 4.52 Å². The van der Waals surface area contributed by atoms with Gasteiger partial charge in [-0.25, -0.2) is 4.68 Å². The monoisotopic (exact) mass is 306 g/mol. The van der Waals surface area contributed by atoms with E-state index < -0.39 is 0 Å². The third-order valence-corrected chi connectivity index (χ3v) is 3.56. The van der Waals surface area contributed by atoms with Crippen molar-refractivity contribution in [1.82, 2.24) is 30.1 Å². The number of hydrogen-bond acceptors (Lipinski definition) is 6. The summed E-state index contributed by atoms with van der Waals surface area (Å²) in [6, 6.07) is 9.53. The van der Waals surface area contributed by atoms with Crippen LogP contribution in [-0.2, 0) is 6.54 Å². The van der Waals surface area contributed by atoms with E-state index in [4.69, 9.17) is 4.52 Å². The Labute approximate surface area is 132 Å². The van der Waals surface area contributed by atoms with Gasteiger partial charge >= 0.3 is 0 Å². The summed E-state index contributed by atoms with van der Waals surface area (Å²) in [5, 5.41) is 12.4. The van der Waals surface area contributed by atoms with Gasteiger partial charge in [-0.2, -0.15) is 4.98 Å². The quantitative estimate of drug-likeness (QED) is 0.576. The van der Waals surface area contributed by atoms with Crippen molar-refractivity contribution in [3.8, 4) is 22.8 Å². The van der Waals surface area contributed by atoms with E-state index >= 15 is 0 Å². The van der Waals surface area contributed by atoms with Gasteiger partial charge in [0.15, 0.2) is 0 Å². The SMILES string of the molecule is CCCn1nnc2cc(-c3nc(-c4ccncc4)no3)ccc21. The molecule has 0 fully saturated rings. The van der Waals surface area contributed by atoms with Gasteiger partial charge in [0.25, 0.3) is 5.89 Å². The van der Waals surface area contributed by atoms with Gasteiger partial charge in [-0.15, -0.1) is 5.10 Å². The minimum absolute atomic E-state index is 0.462. The zero-order chi connectivity index (χ0) is 15.6. The second kappa shape index (κ2) is 5.60. The van der Waals surface area contributed by atoms with E-state index in [1.165, 1.54) is 0 Å². The second-order valence-corrected chi connectivity index (χ2v) is 5.18. The number of hydrogen-bond donors (Lipinski definition) is 0. The summed E-state index contributed by atoms with van der Waals surface area (Å²) in [5.41, 5.74) is 3.52. The number of nitrogens with zero attached hydrogens (tertiary/aromatic N) is 6. The molecule has 3 heterocycles. The van der Waals surface area contributed by atoms with E-state index in [1.54, 1.807) is 12.4 Å². The Kier molecular flexibility index (Phi) is 3.30. The summed E-state index contributed by atoms with van der Waals surface area (Å²) in [4.78, 5) is 8.42. The molecule has 0 aliphatic rings. The average molecular weight is 306 g/mol. The molecule has 23 heavy (non-hydrogen) atoms. The summed E-state index contributed by atoms with van der Waals surface area (Å²) in [5.74, 6) is 1.00. The molecule has 4 rings (SSSR count). The average Bonchev–Trinajstić information content (AvgIpc) is 3.23. The normalized spacial score (nSPS) is 11.2. The van der Waals surface area contributed by atoms with E-state index in [-0.39, 0.29) is 0 Å². The van der Waals surface area contributed by atoms with E-state index in [0.29, 0.717) is 11.7 Å². The Balaban J connectivity index is 1.71. The third kappa shape index (κ3) is 2.46. The van der Waals surface area contributed by atoms with Gasteiger partial charge in [0.2, 0.25) is 5.82 Å². The molecule has 0 atom stereocenters. The van der Waals surface area contributed by atoms with Gasteiger partial charge in [0.05, 0.1) is 5.52 Å². The zero-order valence-electron chi connectivity index (χ0n) is 12.5. The number of fused-ring (bicyclic) bond motifs is 1. The smallest absolute Gasteiger partial charge is 0.258 e. The Hall–Kier alpha value is -3.09. The van der Waals surface area contributed by atoms with E-state index in [2.05, 4.69) is 32.4 Å². The first-order valence-corrected chi connectivity index (χ1v) is 7.43. The first-order valence-electron chi connectivity index (χ1n) is 7.43. The van der Waals surface area contributed by atoms with Crippen LogP contribution in [0.4, 0.5) is 0 Å². The van der Waals surface area contributed by atoms with E-state index in [9.17, 15) is 0 Å². The maximum absolute atomic E-state index is 5.37. The second-order valence-electron chi connectivity index (χ2n) is 5.18. The van der Waals surface area contributed by atoms with Crippen LogP contribution in [0.3, 0.4) is 0 Å². The molecule has 3 aromatic heterocycles. The van der Waals surface area contributed by atoms with Crippen molar-refractivity contribution in [2.45, 2.75) is 19.9 Å². The largest absolute Gasteiger partial charge is 0.334 e. The zero-order valence-corrected chi connectivity index (χ0v) is 12.5. The molecule has 7 nitrogen and oxygen atoms in total. The first kappa shape index (κ1) is 13.6. The highest BCUT2D eigenvalue weighted by molar-refractivity contribution is 5.79. The van der Waals surface area contributed by atoms with Crippen LogP contribution in [0.2, 0.25) is 0 Å². The Morgan fingerprint density at radius 2 is 1.96 bits per heavy atom. The summed E-state index contributed by atoms with van der Waals surface area (Å²) < 4.78 is 7.27. The highest BCUT2D eigenvalue weighted by Crippen LogP contribution is 2.24. The molecule has 4 aromatic rings. The lowest BCUT2D eigenvalue weighted by molar-refractivity contribution is 0.432. The fourth-order valence-electron chi connectivity index (χ4n) is 2.44. The van der Waals surface area contributed by atoms with Crippen LogP contribution in [0.5, 0.6) is 0 Å². The van der Waals surface area contributed by atoms with Crippen LogP contribution in [0.15, 0.2) is 47.2 Å². The summed E-state index contributed by atoms with van der Waals surface area (Å²) in [7, 11) is 0. The predicted molar refractivity (Wildman–Crippen MR) is 84.3 cm³/mol. The molecule has 114 valence electrons. The molecule has 7 heteroatoms. The fraction of sp³-hybridized carbons (Fsp3) is 0.188. The van der Waals surface area contributed by atoms with Gasteiger partial charge in [-0.05, 0) is 36.8 Å². The van der Waals surface area contributed by atoms with Crippen molar-refractivity contribution in [2.75, 3.05) is 0 Å². The van der Waals surface area contributed by atoms with Crippen LogP contribution < -0.4 is 0 Å². The van der Waals surface area contributed by atoms with Crippen LogP contribution in [0.1, 0.15) is 13.3 Å². The van der Waals surface area contributed by atoms with Gasteiger partial charge in [-0.1, -0.05) is 17.3 Å². The fourth-order valence-corrected chi connectivity index (χ4v) is 2.44. The van der Waals surface area contributed by atoms with Crippen molar-refractivity contribution >= 4 is 11.0 Å². The number of rotatable bonds is 4. The molecule has 0 N–H and O–H groups in total. The highest BCUT2D eigenvalue weighted by atomic mass is 16.5. The molecule has 1 aromatic carbocycles. The van der Waals surface area contributed by atoms with Gasteiger partial charge in [0.1, 0.15) is 5.52 Å². The van der Waals surface area contributed by atoms with Crippen LogP contribution in [-0.4, -0.2) is 30.1 Å². The molecule has 0 amide bonds.